The van der Waals surface area contributed by atoms with Gasteiger partial charge in [-0.3, -0.25) is 4.90 Å². The van der Waals surface area contributed by atoms with E-state index in [0.717, 1.165) is 32.8 Å². The second kappa shape index (κ2) is 8.20. The second-order valence-electron chi connectivity index (χ2n) is 6.06. The Hall–Kier alpha value is -0.160. The molecule has 0 saturated carbocycles. The van der Waals surface area contributed by atoms with Crippen LogP contribution in [-0.4, -0.2) is 74.4 Å². The van der Waals surface area contributed by atoms with E-state index in [1.54, 1.807) is 0 Å². The van der Waals surface area contributed by atoms with Crippen LogP contribution in [0.1, 0.15) is 33.1 Å². The van der Waals surface area contributed by atoms with E-state index in [-0.39, 0.29) is 0 Å². The summed E-state index contributed by atoms with van der Waals surface area (Å²) in [7, 11) is 0. The Morgan fingerprint density at radius 2 is 1.95 bits per heavy atom. The molecule has 4 heteroatoms. The van der Waals surface area contributed by atoms with Gasteiger partial charge in [0.15, 0.2) is 0 Å². The van der Waals surface area contributed by atoms with Crippen molar-refractivity contribution in [2.45, 2.75) is 45.3 Å². The first-order chi connectivity index (χ1) is 9.28. The third-order valence-corrected chi connectivity index (χ3v) is 4.34. The molecule has 0 radical (unpaired) electrons. The average molecular weight is 269 g/mol. The predicted octanol–water partition coefficient (Wildman–Crippen LogP) is 1.17. The number of likely N-dealkylation sites (tertiary alicyclic amines) is 1. The van der Waals surface area contributed by atoms with Gasteiger partial charge < -0.3 is 15.0 Å². The molecule has 2 atom stereocenters. The van der Waals surface area contributed by atoms with Crippen molar-refractivity contribution in [3.05, 3.63) is 0 Å². The van der Waals surface area contributed by atoms with Crippen LogP contribution >= 0.6 is 0 Å². The van der Waals surface area contributed by atoms with Crippen molar-refractivity contribution >= 4 is 0 Å². The molecule has 0 aromatic carbocycles. The Labute approximate surface area is 118 Å². The molecule has 1 N–H and O–H groups in total. The Balaban J connectivity index is 1.61. The summed E-state index contributed by atoms with van der Waals surface area (Å²) in [6, 6.07) is 0.568. The fourth-order valence-electron chi connectivity index (χ4n) is 3.12. The van der Waals surface area contributed by atoms with Gasteiger partial charge in [0.2, 0.25) is 0 Å². The van der Waals surface area contributed by atoms with Crippen LogP contribution in [0.15, 0.2) is 0 Å². The van der Waals surface area contributed by atoms with E-state index < -0.39 is 0 Å². The number of hydrogen-bond acceptors (Lipinski definition) is 4. The van der Waals surface area contributed by atoms with Crippen molar-refractivity contribution in [3.63, 3.8) is 0 Å². The van der Waals surface area contributed by atoms with Crippen LogP contribution in [0.4, 0.5) is 0 Å². The molecule has 2 aliphatic rings. The number of nitrogens with zero attached hydrogens (tertiary/aromatic N) is 2. The molecule has 0 bridgehead atoms. The smallest absolute Gasteiger partial charge is 0.0826 e. The van der Waals surface area contributed by atoms with Gasteiger partial charge in [-0.1, -0.05) is 13.3 Å². The van der Waals surface area contributed by atoms with Gasteiger partial charge in [0.05, 0.1) is 12.7 Å². The van der Waals surface area contributed by atoms with Crippen molar-refractivity contribution in [1.82, 2.24) is 15.1 Å². The molecular formula is C15H31N3O. The summed E-state index contributed by atoms with van der Waals surface area (Å²) in [6.07, 6.45) is 4.55. The Kier molecular flexibility index (Phi) is 6.57. The van der Waals surface area contributed by atoms with Crippen LogP contribution < -0.4 is 5.32 Å². The summed E-state index contributed by atoms with van der Waals surface area (Å²) >= 11 is 0. The van der Waals surface area contributed by atoms with Gasteiger partial charge >= 0.3 is 0 Å². The quantitative estimate of drug-likeness (QED) is 0.783. The number of rotatable bonds is 6. The highest BCUT2D eigenvalue weighted by molar-refractivity contribution is 4.76. The summed E-state index contributed by atoms with van der Waals surface area (Å²) in [4.78, 5) is 5.08. The van der Waals surface area contributed by atoms with Crippen molar-refractivity contribution < 1.29 is 4.74 Å². The maximum atomic E-state index is 5.83. The lowest BCUT2D eigenvalue weighted by molar-refractivity contribution is -0.0265. The molecule has 0 aromatic rings. The SMILES string of the molecule is CCN1CCOC(CNC(C)CN2CCCCC2)C1. The number of ether oxygens (including phenoxy) is 1. The van der Waals surface area contributed by atoms with Crippen molar-refractivity contribution in [2.24, 2.45) is 0 Å². The summed E-state index contributed by atoms with van der Waals surface area (Å²) in [6.45, 7) is 13.5. The molecule has 2 fully saturated rings. The molecule has 4 nitrogen and oxygen atoms in total. The third-order valence-electron chi connectivity index (χ3n) is 4.34. The summed E-state index contributed by atoms with van der Waals surface area (Å²) < 4.78 is 5.83. The molecule has 2 rings (SSSR count). The fraction of sp³-hybridized carbons (Fsp3) is 1.00. The molecule has 0 amide bonds. The molecule has 2 aliphatic heterocycles. The molecule has 19 heavy (non-hydrogen) atoms. The van der Waals surface area contributed by atoms with Gasteiger partial charge in [-0.15, -0.1) is 0 Å². The second-order valence-corrected chi connectivity index (χ2v) is 6.06. The molecule has 112 valence electrons. The minimum absolute atomic E-state index is 0.373. The van der Waals surface area contributed by atoms with Gasteiger partial charge in [-0.2, -0.15) is 0 Å². The number of likely N-dealkylation sites (N-methyl/N-ethyl adjacent to an activating group) is 1. The zero-order valence-corrected chi connectivity index (χ0v) is 12.7. The molecule has 0 spiro atoms. The highest BCUT2D eigenvalue weighted by atomic mass is 16.5. The topological polar surface area (TPSA) is 27.7 Å². The van der Waals surface area contributed by atoms with E-state index in [9.17, 15) is 0 Å². The van der Waals surface area contributed by atoms with Gasteiger partial charge in [-0.05, 0) is 39.4 Å². The molecule has 2 saturated heterocycles. The van der Waals surface area contributed by atoms with Gasteiger partial charge in [0.1, 0.15) is 0 Å². The molecule has 0 aliphatic carbocycles. The zero-order chi connectivity index (χ0) is 13.5. The van der Waals surface area contributed by atoms with E-state index in [0.29, 0.717) is 12.1 Å². The van der Waals surface area contributed by atoms with Crippen LogP contribution in [0.5, 0.6) is 0 Å². The van der Waals surface area contributed by atoms with Crippen molar-refractivity contribution in [3.8, 4) is 0 Å². The van der Waals surface area contributed by atoms with Crippen LogP contribution in [-0.2, 0) is 4.74 Å². The van der Waals surface area contributed by atoms with Gasteiger partial charge in [-0.25, -0.2) is 0 Å². The number of piperidine rings is 1. The fourth-order valence-corrected chi connectivity index (χ4v) is 3.12. The van der Waals surface area contributed by atoms with Crippen LogP contribution in [0.25, 0.3) is 0 Å². The standard InChI is InChI=1S/C15H31N3O/c1-3-17-9-10-19-15(13-17)11-16-14(2)12-18-7-5-4-6-8-18/h14-16H,3-13H2,1-2H3. The normalized spacial score (nSPS) is 28.4. The predicted molar refractivity (Wildman–Crippen MR) is 79.6 cm³/mol. The monoisotopic (exact) mass is 269 g/mol. The minimum atomic E-state index is 0.373. The van der Waals surface area contributed by atoms with Crippen LogP contribution in [0, 0.1) is 0 Å². The summed E-state index contributed by atoms with van der Waals surface area (Å²) in [5.41, 5.74) is 0. The number of hydrogen-bond donors (Lipinski definition) is 1. The van der Waals surface area contributed by atoms with E-state index in [1.807, 2.05) is 0 Å². The third kappa shape index (κ3) is 5.38. The van der Waals surface area contributed by atoms with E-state index in [4.69, 9.17) is 4.74 Å². The highest BCUT2D eigenvalue weighted by Gasteiger charge is 2.20. The summed E-state index contributed by atoms with van der Waals surface area (Å²) in [5.74, 6) is 0. The molecule has 2 unspecified atom stereocenters. The van der Waals surface area contributed by atoms with Crippen LogP contribution in [0.3, 0.4) is 0 Å². The average Bonchev–Trinajstić information content (AvgIpc) is 2.46. The lowest BCUT2D eigenvalue weighted by Crippen LogP contribution is -2.49. The van der Waals surface area contributed by atoms with E-state index in [1.165, 1.54) is 38.9 Å². The lowest BCUT2D eigenvalue weighted by atomic mass is 10.1. The Bertz CT molecular complexity index is 244. The highest BCUT2D eigenvalue weighted by Crippen LogP contribution is 2.09. The van der Waals surface area contributed by atoms with E-state index >= 15 is 0 Å². The van der Waals surface area contributed by atoms with Gasteiger partial charge in [0.25, 0.3) is 0 Å². The first kappa shape index (κ1) is 15.2. The molecule has 0 aromatic heterocycles. The zero-order valence-electron chi connectivity index (χ0n) is 12.7. The minimum Gasteiger partial charge on any atom is -0.374 e. The van der Waals surface area contributed by atoms with E-state index in [2.05, 4.69) is 29.0 Å². The number of morpholine rings is 1. The van der Waals surface area contributed by atoms with Gasteiger partial charge in [0, 0.05) is 32.2 Å². The van der Waals surface area contributed by atoms with Crippen molar-refractivity contribution in [1.29, 1.82) is 0 Å². The molecular weight excluding hydrogens is 238 g/mol. The Morgan fingerprint density at radius 1 is 1.16 bits per heavy atom. The maximum Gasteiger partial charge on any atom is 0.0826 e. The van der Waals surface area contributed by atoms with Crippen molar-refractivity contribution in [2.75, 3.05) is 52.4 Å². The molecule has 2 heterocycles. The summed E-state index contributed by atoms with van der Waals surface area (Å²) in [5, 5.41) is 3.65. The number of nitrogens with one attached hydrogen (secondary N) is 1. The largest absolute Gasteiger partial charge is 0.374 e. The Morgan fingerprint density at radius 3 is 2.68 bits per heavy atom. The lowest BCUT2D eigenvalue weighted by Gasteiger charge is -2.34. The maximum absolute atomic E-state index is 5.83. The van der Waals surface area contributed by atoms with Crippen LogP contribution in [0.2, 0.25) is 0 Å². The first-order valence-corrected chi connectivity index (χ1v) is 8.07. The first-order valence-electron chi connectivity index (χ1n) is 8.07.